The van der Waals surface area contributed by atoms with Crippen LogP contribution in [0.3, 0.4) is 0 Å². The monoisotopic (exact) mass is 263 g/mol. The van der Waals surface area contributed by atoms with E-state index >= 15 is 0 Å². The van der Waals surface area contributed by atoms with Crippen LogP contribution < -0.4 is 10.6 Å². The lowest BCUT2D eigenvalue weighted by molar-refractivity contribution is 0.247. The molecular weight excluding hydrogens is 238 g/mol. The first-order valence-corrected chi connectivity index (χ1v) is 6.98. The molecule has 1 aromatic rings. The average Bonchev–Trinajstić information content (AvgIpc) is 2.41. The first kappa shape index (κ1) is 14.2. The normalized spacial score (nSPS) is 20.6. The molecule has 0 spiro atoms. The molecule has 1 aromatic heterocycles. The summed E-state index contributed by atoms with van der Waals surface area (Å²) in [7, 11) is 4.29. The van der Waals surface area contributed by atoms with E-state index in [1.54, 1.807) is 0 Å². The van der Waals surface area contributed by atoms with Crippen LogP contribution in [0, 0.1) is 13.8 Å². The predicted octanol–water partition coefficient (Wildman–Crippen LogP) is 1.08. The summed E-state index contributed by atoms with van der Waals surface area (Å²) in [6.07, 6.45) is 2.45. The van der Waals surface area contributed by atoms with E-state index in [0.717, 1.165) is 23.6 Å². The summed E-state index contributed by atoms with van der Waals surface area (Å²) in [6, 6.07) is 0.500. The standard InChI is InChI=1S/C14H25N5/c1-10-11(2)16-17-14(13(10)8-15)19(4)12-6-5-7-18(3)9-12/h12H,5-9,15H2,1-4H3. The molecule has 0 amide bonds. The number of likely N-dealkylation sites (N-methyl/N-ethyl adjacent to an activating group) is 2. The predicted molar refractivity (Wildman–Crippen MR) is 78.3 cm³/mol. The average molecular weight is 263 g/mol. The molecule has 5 heteroatoms. The number of hydrogen-bond acceptors (Lipinski definition) is 5. The van der Waals surface area contributed by atoms with Gasteiger partial charge in [-0.05, 0) is 45.8 Å². The molecule has 2 rings (SSSR count). The van der Waals surface area contributed by atoms with Crippen molar-refractivity contribution < 1.29 is 0 Å². The number of rotatable bonds is 3. The first-order valence-electron chi connectivity index (χ1n) is 6.98. The van der Waals surface area contributed by atoms with Gasteiger partial charge in [-0.3, -0.25) is 0 Å². The van der Waals surface area contributed by atoms with Crippen LogP contribution in [0.15, 0.2) is 0 Å². The maximum Gasteiger partial charge on any atom is 0.156 e. The highest BCUT2D eigenvalue weighted by atomic mass is 15.3. The van der Waals surface area contributed by atoms with Crippen LogP contribution in [-0.4, -0.2) is 48.3 Å². The highest BCUT2D eigenvalue weighted by molar-refractivity contribution is 5.51. The Morgan fingerprint density at radius 1 is 1.37 bits per heavy atom. The summed E-state index contributed by atoms with van der Waals surface area (Å²) in [5.41, 5.74) is 9.18. The third-order valence-corrected chi connectivity index (χ3v) is 4.25. The third-order valence-electron chi connectivity index (χ3n) is 4.25. The van der Waals surface area contributed by atoms with E-state index in [1.807, 2.05) is 6.92 Å². The van der Waals surface area contributed by atoms with E-state index in [4.69, 9.17) is 5.73 Å². The Balaban J connectivity index is 2.28. The molecule has 5 nitrogen and oxygen atoms in total. The van der Waals surface area contributed by atoms with E-state index in [-0.39, 0.29) is 0 Å². The van der Waals surface area contributed by atoms with Crippen molar-refractivity contribution in [2.75, 3.05) is 32.1 Å². The smallest absolute Gasteiger partial charge is 0.156 e. The number of aromatic nitrogens is 2. The molecule has 0 aromatic carbocycles. The van der Waals surface area contributed by atoms with Crippen molar-refractivity contribution in [3.63, 3.8) is 0 Å². The van der Waals surface area contributed by atoms with Gasteiger partial charge in [-0.25, -0.2) is 0 Å². The number of aryl methyl sites for hydroxylation is 1. The molecule has 0 bridgehead atoms. The van der Waals surface area contributed by atoms with E-state index < -0.39 is 0 Å². The minimum atomic E-state index is 0.500. The minimum Gasteiger partial charge on any atom is -0.354 e. The fourth-order valence-electron chi connectivity index (χ4n) is 2.80. The highest BCUT2D eigenvalue weighted by Crippen LogP contribution is 2.25. The zero-order valence-corrected chi connectivity index (χ0v) is 12.5. The molecule has 1 fully saturated rings. The topological polar surface area (TPSA) is 58.3 Å². The lowest BCUT2D eigenvalue weighted by atomic mass is 10.0. The molecular formula is C14H25N5. The van der Waals surface area contributed by atoms with Gasteiger partial charge >= 0.3 is 0 Å². The van der Waals surface area contributed by atoms with Crippen molar-refractivity contribution in [1.82, 2.24) is 15.1 Å². The van der Waals surface area contributed by atoms with Gasteiger partial charge in [-0.1, -0.05) is 0 Å². The molecule has 19 heavy (non-hydrogen) atoms. The van der Waals surface area contributed by atoms with Crippen LogP contribution in [0.4, 0.5) is 5.82 Å². The minimum absolute atomic E-state index is 0.500. The number of hydrogen-bond donors (Lipinski definition) is 1. The quantitative estimate of drug-likeness (QED) is 0.884. The van der Waals surface area contributed by atoms with Crippen molar-refractivity contribution in [3.05, 3.63) is 16.8 Å². The maximum atomic E-state index is 5.91. The maximum absolute atomic E-state index is 5.91. The number of nitrogens with two attached hydrogens (primary N) is 1. The Kier molecular flexibility index (Phi) is 4.37. The number of nitrogens with zero attached hydrogens (tertiary/aromatic N) is 4. The Labute approximate surface area is 115 Å². The Hall–Kier alpha value is -1.20. The molecule has 1 saturated heterocycles. The van der Waals surface area contributed by atoms with Gasteiger partial charge in [0.1, 0.15) is 0 Å². The fraction of sp³-hybridized carbons (Fsp3) is 0.714. The second kappa shape index (κ2) is 5.84. The van der Waals surface area contributed by atoms with Crippen LogP contribution in [0.2, 0.25) is 0 Å². The SMILES string of the molecule is Cc1nnc(N(C)C2CCCN(C)C2)c(CN)c1C. The van der Waals surface area contributed by atoms with Crippen molar-refractivity contribution in [1.29, 1.82) is 0 Å². The molecule has 1 unspecified atom stereocenters. The molecule has 1 atom stereocenters. The highest BCUT2D eigenvalue weighted by Gasteiger charge is 2.24. The zero-order chi connectivity index (χ0) is 14.0. The van der Waals surface area contributed by atoms with Crippen molar-refractivity contribution in [2.45, 2.75) is 39.3 Å². The number of piperidine rings is 1. The van der Waals surface area contributed by atoms with Crippen molar-refractivity contribution in [2.24, 2.45) is 5.73 Å². The van der Waals surface area contributed by atoms with Crippen LogP contribution in [0.5, 0.6) is 0 Å². The van der Waals surface area contributed by atoms with Crippen molar-refractivity contribution in [3.8, 4) is 0 Å². The van der Waals surface area contributed by atoms with Gasteiger partial charge in [0.2, 0.25) is 0 Å². The molecule has 106 valence electrons. The van der Waals surface area contributed by atoms with E-state index in [0.29, 0.717) is 12.6 Å². The van der Waals surface area contributed by atoms with Gasteiger partial charge in [0.25, 0.3) is 0 Å². The molecule has 0 aliphatic carbocycles. The molecule has 1 aliphatic heterocycles. The van der Waals surface area contributed by atoms with Crippen molar-refractivity contribution >= 4 is 5.82 Å². The lowest BCUT2D eigenvalue weighted by Gasteiger charge is -2.37. The zero-order valence-electron chi connectivity index (χ0n) is 12.5. The molecule has 0 saturated carbocycles. The summed E-state index contributed by atoms with van der Waals surface area (Å²) in [6.45, 7) is 6.85. The Bertz CT molecular complexity index is 446. The van der Waals surface area contributed by atoms with Gasteiger partial charge < -0.3 is 15.5 Å². The number of likely N-dealkylation sites (tertiary alicyclic amines) is 1. The second-order valence-electron chi connectivity index (χ2n) is 5.59. The lowest BCUT2D eigenvalue weighted by Crippen LogP contribution is -2.45. The Morgan fingerprint density at radius 3 is 2.74 bits per heavy atom. The van der Waals surface area contributed by atoms with Gasteiger partial charge in [-0.15, -0.1) is 5.10 Å². The summed E-state index contributed by atoms with van der Waals surface area (Å²) in [5, 5.41) is 8.65. The largest absolute Gasteiger partial charge is 0.354 e. The summed E-state index contributed by atoms with van der Waals surface area (Å²) in [5.74, 6) is 0.950. The van der Waals surface area contributed by atoms with Crippen LogP contribution in [-0.2, 0) is 6.54 Å². The number of anilines is 1. The van der Waals surface area contributed by atoms with E-state index in [2.05, 4.69) is 41.0 Å². The van der Waals surface area contributed by atoms with Gasteiger partial charge in [0, 0.05) is 31.7 Å². The molecule has 0 radical (unpaired) electrons. The fourth-order valence-corrected chi connectivity index (χ4v) is 2.80. The van der Waals surface area contributed by atoms with Gasteiger partial charge in [-0.2, -0.15) is 5.10 Å². The molecule has 2 heterocycles. The van der Waals surface area contributed by atoms with Gasteiger partial charge in [0.05, 0.1) is 5.69 Å². The molecule has 2 N–H and O–H groups in total. The van der Waals surface area contributed by atoms with Crippen LogP contribution in [0.25, 0.3) is 0 Å². The third kappa shape index (κ3) is 2.87. The summed E-state index contributed by atoms with van der Waals surface area (Å²) < 4.78 is 0. The Morgan fingerprint density at radius 2 is 2.11 bits per heavy atom. The summed E-state index contributed by atoms with van der Waals surface area (Å²) >= 11 is 0. The van der Waals surface area contributed by atoms with E-state index in [1.165, 1.54) is 24.9 Å². The van der Waals surface area contributed by atoms with Crippen LogP contribution in [0.1, 0.15) is 29.7 Å². The summed E-state index contributed by atoms with van der Waals surface area (Å²) in [4.78, 5) is 4.64. The first-order chi connectivity index (χ1) is 9.04. The van der Waals surface area contributed by atoms with Gasteiger partial charge in [0.15, 0.2) is 5.82 Å². The van der Waals surface area contributed by atoms with E-state index in [9.17, 15) is 0 Å². The second-order valence-corrected chi connectivity index (χ2v) is 5.59. The molecule has 1 aliphatic rings. The van der Waals surface area contributed by atoms with Crippen LogP contribution >= 0.6 is 0 Å².